The van der Waals surface area contributed by atoms with E-state index in [0.29, 0.717) is 24.5 Å². The van der Waals surface area contributed by atoms with Crippen molar-refractivity contribution in [3.63, 3.8) is 0 Å². The van der Waals surface area contributed by atoms with Crippen molar-refractivity contribution in [3.8, 4) is 5.75 Å². The van der Waals surface area contributed by atoms with Gasteiger partial charge in [0.25, 0.3) is 5.91 Å². The first-order chi connectivity index (χ1) is 6.25. The van der Waals surface area contributed by atoms with E-state index < -0.39 is 5.91 Å². The Balaban J connectivity index is 2.84. The van der Waals surface area contributed by atoms with Crippen LogP contribution in [0.5, 0.6) is 5.75 Å². The second-order valence-electron chi connectivity index (χ2n) is 2.50. The van der Waals surface area contributed by atoms with Crippen molar-refractivity contribution < 1.29 is 9.53 Å². The van der Waals surface area contributed by atoms with Gasteiger partial charge in [-0.25, -0.2) is 0 Å². The normalized spacial score (nSPS) is 9.62. The number of carbonyl (C=O) groups is 1. The van der Waals surface area contributed by atoms with E-state index >= 15 is 0 Å². The first-order valence-corrected chi connectivity index (χ1v) is 3.97. The molecule has 0 aromatic heterocycles. The van der Waals surface area contributed by atoms with Crippen LogP contribution in [0.15, 0.2) is 24.3 Å². The summed E-state index contributed by atoms with van der Waals surface area (Å²) < 4.78 is 5.22. The molecule has 13 heavy (non-hydrogen) atoms. The number of hydrogen-bond acceptors (Lipinski definition) is 3. The summed E-state index contributed by atoms with van der Waals surface area (Å²) in [6.07, 6.45) is 0. The van der Waals surface area contributed by atoms with E-state index in [1.807, 2.05) is 0 Å². The number of para-hydroxylation sites is 1. The molecule has 0 bridgehead atoms. The standard InChI is InChI=1S/C9H12N2O2/c10-5-6-13-8-4-2-1-3-7(8)9(11)12/h1-4H,5-6,10H2,(H2,11,12). The predicted molar refractivity (Wildman–Crippen MR) is 49.5 cm³/mol. The van der Waals surface area contributed by atoms with E-state index in [4.69, 9.17) is 16.2 Å². The molecule has 0 saturated carbocycles. The molecule has 0 aliphatic rings. The second-order valence-corrected chi connectivity index (χ2v) is 2.50. The fourth-order valence-electron chi connectivity index (χ4n) is 0.965. The lowest BCUT2D eigenvalue weighted by atomic mass is 10.2. The molecule has 70 valence electrons. The van der Waals surface area contributed by atoms with Gasteiger partial charge in [0.05, 0.1) is 5.56 Å². The number of nitrogens with two attached hydrogens (primary N) is 2. The minimum atomic E-state index is -0.493. The summed E-state index contributed by atoms with van der Waals surface area (Å²) in [6.45, 7) is 0.789. The average molecular weight is 180 g/mol. The second kappa shape index (κ2) is 4.47. The summed E-state index contributed by atoms with van der Waals surface area (Å²) in [5.74, 6) is -0.00642. The highest BCUT2D eigenvalue weighted by molar-refractivity contribution is 5.95. The van der Waals surface area contributed by atoms with Crippen LogP contribution in [0.3, 0.4) is 0 Å². The Bertz CT molecular complexity index is 299. The van der Waals surface area contributed by atoms with Gasteiger partial charge >= 0.3 is 0 Å². The number of hydrogen-bond donors (Lipinski definition) is 2. The molecule has 4 N–H and O–H groups in total. The molecule has 4 heteroatoms. The highest BCUT2D eigenvalue weighted by atomic mass is 16.5. The smallest absolute Gasteiger partial charge is 0.252 e. The number of amides is 1. The van der Waals surface area contributed by atoms with E-state index in [0.717, 1.165) is 0 Å². The van der Waals surface area contributed by atoms with Gasteiger partial charge in [0, 0.05) is 6.54 Å². The summed E-state index contributed by atoms with van der Waals surface area (Å²) in [6, 6.07) is 6.82. The molecule has 1 amide bonds. The summed E-state index contributed by atoms with van der Waals surface area (Å²) in [5.41, 5.74) is 10.8. The summed E-state index contributed by atoms with van der Waals surface area (Å²) >= 11 is 0. The van der Waals surface area contributed by atoms with E-state index in [9.17, 15) is 4.79 Å². The van der Waals surface area contributed by atoms with Gasteiger partial charge in [-0.15, -0.1) is 0 Å². The highest BCUT2D eigenvalue weighted by Gasteiger charge is 2.06. The molecular weight excluding hydrogens is 168 g/mol. The van der Waals surface area contributed by atoms with E-state index in [2.05, 4.69) is 0 Å². The van der Waals surface area contributed by atoms with Crippen molar-refractivity contribution in [2.45, 2.75) is 0 Å². The van der Waals surface area contributed by atoms with Crippen molar-refractivity contribution in [1.29, 1.82) is 0 Å². The minimum absolute atomic E-state index is 0.379. The molecule has 4 nitrogen and oxygen atoms in total. The molecule has 0 saturated heterocycles. The van der Waals surface area contributed by atoms with Crippen LogP contribution in [0.2, 0.25) is 0 Å². The largest absolute Gasteiger partial charge is 0.491 e. The van der Waals surface area contributed by atoms with Crippen LogP contribution >= 0.6 is 0 Å². The van der Waals surface area contributed by atoms with Crippen LogP contribution in [0.4, 0.5) is 0 Å². The van der Waals surface area contributed by atoms with Crippen molar-refractivity contribution in [3.05, 3.63) is 29.8 Å². The monoisotopic (exact) mass is 180 g/mol. The topological polar surface area (TPSA) is 78.3 Å². The summed E-state index contributed by atoms with van der Waals surface area (Å²) in [4.78, 5) is 10.9. The van der Waals surface area contributed by atoms with Crippen LogP contribution in [-0.2, 0) is 0 Å². The van der Waals surface area contributed by atoms with Gasteiger partial charge in [0.1, 0.15) is 12.4 Å². The Hall–Kier alpha value is -1.55. The van der Waals surface area contributed by atoms with Crippen LogP contribution in [0.25, 0.3) is 0 Å². The van der Waals surface area contributed by atoms with Crippen LogP contribution in [0.1, 0.15) is 10.4 Å². The lowest BCUT2D eigenvalue weighted by Crippen LogP contribution is -2.16. The molecule has 0 atom stereocenters. The highest BCUT2D eigenvalue weighted by Crippen LogP contribution is 2.16. The summed E-state index contributed by atoms with van der Waals surface area (Å²) in [5, 5.41) is 0. The first kappa shape index (κ1) is 9.54. The Morgan fingerprint density at radius 3 is 2.69 bits per heavy atom. The fourth-order valence-corrected chi connectivity index (χ4v) is 0.965. The van der Waals surface area contributed by atoms with Crippen molar-refractivity contribution in [1.82, 2.24) is 0 Å². The van der Waals surface area contributed by atoms with Crippen LogP contribution in [0, 0.1) is 0 Å². The molecule has 0 spiro atoms. The molecule has 0 fully saturated rings. The zero-order valence-corrected chi connectivity index (χ0v) is 7.19. The van der Waals surface area contributed by atoms with E-state index in [1.165, 1.54) is 0 Å². The van der Waals surface area contributed by atoms with Crippen LogP contribution in [-0.4, -0.2) is 19.1 Å². The summed E-state index contributed by atoms with van der Waals surface area (Å²) in [7, 11) is 0. The van der Waals surface area contributed by atoms with Gasteiger partial charge < -0.3 is 16.2 Å². The molecule has 1 rings (SSSR count). The van der Waals surface area contributed by atoms with Gasteiger partial charge in [-0.1, -0.05) is 12.1 Å². The minimum Gasteiger partial charge on any atom is -0.491 e. The maximum atomic E-state index is 10.9. The van der Waals surface area contributed by atoms with Gasteiger partial charge in [-0.2, -0.15) is 0 Å². The Morgan fingerprint density at radius 2 is 2.08 bits per heavy atom. The number of benzene rings is 1. The van der Waals surface area contributed by atoms with Gasteiger partial charge in [-0.3, -0.25) is 4.79 Å². The van der Waals surface area contributed by atoms with Crippen LogP contribution < -0.4 is 16.2 Å². The maximum absolute atomic E-state index is 10.9. The lowest BCUT2D eigenvalue weighted by Gasteiger charge is -2.07. The zero-order valence-electron chi connectivity index (χ0n) is 7.19. The molecule has 0 aliphatic carbocycles. The molecule has 0 unspecified atom stereocenters. The SMILES string of the molecule is NCCOc1ccccc1C(N)=O. The van der Waals surface area contributed by atoms with Gasteiger partial charge in [0.2, 0.25) is 0 Å². The first-order valence-electron chi connectivity index (χ1n) is 3.97. The number of primary amides is 1. The van der Waals surface area contributed by atoms with Crippen molar-refractivity contribution >= 4 is 5.91 Å². The number of ether oxygens (including phenoxy) is 1. The third kappa shape index (κ3) is 2.45. The molecule has 0 aliphatic heterocycles. The quantitative estimate of drug-likeness (QED) is 0.691. The Morgan fingerprint density at radius 1 is 1.38 bits per heavy atom. The molecule has 1 aromatic rings. The maximum Gasteiger partial charge on any atom is 0.252 e. The van der Waals surface area contributed by atoms with Crippen molar-refractivity contribution in [2.75, 3.05) is 13.2 Å². The van der Waals surface area contributed by atoms with E-state index in [1.54, 1.807) is 24.3 Å². The Labute approximate surface area is 76.5 Å². The predicted octanol–water partition coefficient (Wildman–Crippen LogP) is 0.123. The van der Waals surface area contributed by atoms with Gasteiger partial charge in [-0.05, 0) is 12.1 Å². The van der Waals surface area contributed by atoms with E-state index in [-0.39, 0.29) is 0 Å². The third-order valence-corrected chi connectivity index (χ3v) is 1.53. The fraction of sp³-hybridized carbons (Fsp3) is 0.222. The Kier molecular flexibility index (Phi) is 3.28. The molecule has 1 aromatic carbocycles. The molecule has 0 radical (unpaired) electrons. The lowest BCUT2D eigenvalue weighted by molar-refractivity contribution is 0.0996. The average Bonchev–Trinajstić information content (AvgIpc) is 2.15. The molecule has 0 heterocycles. The van der Waals surface area contributed by atoms with Gasteiger partial charge in [0.15, 0.2) is 0 Å². The molecular formula is C9H12N2O2. The number of rotatable bonds is 4. The number of carbonyl (C=O) groups excluding carboxylic acids is 1. The third-order valence-electron chi connectivity index (χ3n) is 1.53. The van der Waals surface area contributed by atoms with Crippen molar-refractivity contribution in [2.24, 2.45) is 11.5 Å². The zero-order chi connectivity index (χ0) is 9.68.